The molecule has 2 aromatic rings. The number of anilines is 1. The van der Waals surface area contributed by atoms with Crippen LogP contribution in [0.5, 0.6) is 0 Å². The molecule has 6 nitrogen and oxygen atoms in total. The number of piperidine rings is 1. The Balaban J connectivity index is 1.47. The Morgan fingerprint density at radius 1 is 1.16 bits per heavy atom. The Bertz CT molecular complexity index is 793. The zero-order chi connectivity index (χ0) is 17.7. The number of hydrogen-bond acceptors (Lipinski definition) is 5. The van der Waals surface area contributed by atoms with Gasteiger partial charge in [0.25, 0.3) is 0 Å². The summed E-state index contributed by atoms with van der Waals surface area (Å²) in [5, 5.41) is 0.545. The molecule has 3 rings (SSSR count). The van der Waals surface area contributed by atoms with Crippen molar-refractivity contribution < 1.29 is 8.42 Å². The molecule has 0 atom stereocenters. The molecule has 1 aliphatic rings. The topological polar surface area (TPSA) is 75.2 Å². The average Bonchev–Trinajstić information content (AvgIpc) is 2.61. The van der Waals surface area contributed by atoms with Gasteiger partial charge in [0, 0.05) is 37.1 Å². The fraction of sp³-hybridized carbons (Fsp3) is 0.412. The predicted octanol–water partition coefficient (Wildman–Crippen LogP) is 2.47. The highest BCUT2D eigenvalue weighted by molar-refractivity contribution is 7.88. The monoisotopic (exact) mass is 380 g/mol. The van der Waals surface area contributed by atoms with Gasteiger partial charge >= 0.3 is 0 Å². The van der Waals surface area contributed by atoms with E-state index in [1.54, 1.807) is 42.7 Å². The molecule has 2 heterocycles. The third-order valence-electron chi connectivity index (χ3n) is 4.29. The highest BCUT2D eigenvalue weighted by Crippen LogP contribution is 2.20. The van der Waals surface area contributed by atoms with E-state index in [-0.39, 0.29) is 5.75 Å². The highest BCUT2D eigenvalue weighted by Gasteiger charge is 2.22. The fourth-order valence-electron chi connectivity index (χ4n) is 2.93. The van der Waals surface area contributed by atoms with E-state index < -0.39 is 10.0 Å². The quantitative estimate of drug-likeness (QED) is 0.833. The summed E-state index contributed by atoms with van der Waals surface area (Å²) in [5.74, 6) is 1.01. The first-order valence-corrected chi connectivity index (χ1v) is 10.3. The van der Waals surface area contributed by atoms with Crippen LogP contribution in [0.15, 0.2) is 42.7 Å². The van der Waals surface area contributed by atoms with Crippen LogP contribution in [-0.4, -0.2) is 38.0 Å². The lowest BCUT2D eigenvalue weighted by molar-refractivity contribution is 0.399. The molecule has 0 radical (unpaired) electrons. The molecule has 1 fully saturated rings. The number of sulfonamides is 1. The molecule has 1 aromatic heterocycles. The molecule has 0 amide bonds. The van der Waals surface area contributed by atoms with Gasteiger partial charge in [-0.15, -0.1) is 0 Å². The summed E-state index contributed by atoms with van der Waals surface area (Å²) >= 11 is 5.91. The van der Waals surface area contributed by atoms with Gasteiger partial charge in [-0.3, -0.25) is 0 Å². The maximum atomic E-state index is 12.3. The van der Waals surface area contributed by atoms with Crippen LogP contribution in [0.1, 0.15) is 18.4 Å². The highest BCUT2D eigenvalue weighted by atomic mass is 35.5. The Hall–Kier alpha value is -1.70. The molecule has 25 heavy (non-hydrogen) atoms. The Morgan fingerprint density at radius 3 is 2.56 bits per heavy atom. The first-order chi connectivity index (χ1) is 12.0. The SMILES string of the molecule is O=S(=O)(Cc1cccc(Cl)c1)NCC1CCN(c2ncccn2)CC1. The van der Waals surface area contributed by atoms with Gasteiger partial charge in [-0.2, -0.15) is 0 Å². The molecule has 1 N–H and O–H groups in total. The lowest BCUT2D eigenvalue weighted by Crippen LogP contribution is -2.39. The molecular formula is C17H21ClN4O2S. The van der Waals surface area contributed by atoms with Crippen LogP contribution in [0.25, 0.3) is 0 Å². The van der Waals surface area contributed by atoms with Crippen molar-refractivity contribution in [3.05, 3.63) is 53.3 Å². The minimum atomic E-state index is -3.36. The van der Waals surface area contributed by atoms with Crippen molar-refractivity contribution in [3.8, 4) is 0 Å². The summed E-state index contributed by atoms with van der Waals surface area (Å²) in [6.07, 6.45) is 5.30. The minimum Gasteiger partial charge on any atom is -0.341 e. The molecule has 8 heteroatoms. The van der Waals surface area contributed by atoms with Crippen LogP contribution in [0.2, 0.25) is 5.02 Å². The van der Waals surface area contributed by atoms with Crippen molar-refractivity contribution >= 4 is 27.6 Å². The summed E-state index contributed by atoms with van der Waals surface area (Å²) in [7, 11) is -3.36. The second-order valence-corrected chi connectivity index (χ2v) is 8.46. The lowest BCUT2D eigenvalue weighted by Gasteiger charge is -2.31. The van der Waals surface area contributed by atoms with E-state index in [9.17, 15) is 8.42 Å². The van der Waals surface area contributed by atoms with E-state index in [0.29, 0.717) is 23.0 Å². The van der Waals surface area contributed by atoms with Crippen LogP contribution in [0.4, 0.5) is 5.95 Å². The van der Waals surface area contributed by atoms with Crippen molar-refractivity contribution in [2.75, 3.05) is 24.5 Å². The van der Waals surface area contributed by atoms with Gasteiger partial charge < -0.3 is 4.90 Å². The number of benzene rings is 1. The third kappa shape index (κ3) is 5.39. The molecule has 0 aliphatic carbocycles. The van der Waals surface area contributed by atoms with Crippen molar-refractivity contribution in [3.63, 3.8) is 0 Å². The van der Waals surface area contributed by atoms with E-state index in [4.69, 9.17) is 11.6 Å². The van der Waals surface area contributed by atoms with Gasteiger partial charge in [0.05, 0.1) is 5.75 Å². The predicted molar refractivity (Wildman–Crippen MR) is 99.0 cm³/mol. The van der Waals surface area contributed by atoms with Gasteiger partial charge in [0.2, 0.25) is 16.0 Å². The number of halogens is 1. The normalized spacial score (nSPS) is 16.1. The summed E-state index contributed by atoms with van der Waals surface area (Å²) in [6.45, 7) is 2.14. The number of hydrogen-bond donors (Lipinski definition) is 1. The summed E-state index contributed by atoms with van der Waals surface area (Å²) in [6, 6.07) is 8.73. The zero-order valence-electron chi connectivity index (χ0n) is 13.8. The van der Waals surface area contributed by atoms with E-state index >= 15 is 0 Å². The Kier molecular flexibility index (Phi) is 5.88. The van der Waals surface area contributed by atoms with Crippen molar-refractivity contribution in [1.82, 2.24) is 14.7 Å². The molecule has 0 bridgehead atoms. The first kappa shape index (κ1) is 18.1. The van der Waals surface area contributed by atoms with Crippen molar-refractivity contribution in [2.24, 2.45) is 5.92 Å². The van der Waals surface area contributed by atoms with Crippen LogP contribution in [0, 0.1) is 5.92 Å². The van der Waals surface area contributed by atoms with Crippen LogP contribution < -0.4 is 9.62 Å². The molecule has 1 aromatic carbocycles. The Labute approximate surface area is 153 Å². The van der Waals surface area contributed by atoms with Gasteiger partial charge in [0.15, 0.2) is 0 Å². The van der Waals surface area contributed by atoms with Crippen LogP contribution >= 0.6 is 11.6 Å². The third-order valence-corrected chi connectivity index (χ3v) is 5.84. The smallest absolute Gasteiger partial charge is 0.225 e. The van der Waals surface area contributed by atoms with Gasteiger partial charge in [-0.05, 0) is 42.5 Å². The van der Waals surface area contributed by atoms with Crippen LogP contribution in [0.3, 0.4) is 0 Å². The number of aromatic nitrogens is 2. The van der Waals surface area contributed by atoms with Gasteiger partial charge in [-0.1, -0.05) is 23.7 Å². The average molecular weight is 381 g/mol. The van der Waals surface area contributed by atoms with Gasteiger partial charge in [-0.25, -0.2) is 23.1 Å². The first-order valence-electron chi connectivity index (χ1n) is 8.25. The lowest BCUT2D eigenvalue weighted by atomic mass is 9.97. The molecular weight excluding hydrogens is 360 g/mol. The molecule has 134 valence electrons. The summed E-state index contributed by atoms with van der Waals surface area (Å²) in [4.78, 5) is 10.7. The Morgan fingerprint density at radius 2 is 1.88 bits per heavy atom. The second kappa shape index (κ2) is 8.12. The molecule has 1 saturated heterocycles. The van der Waals surface area contributed by atoms with Gasteiger partial charge in [0.1, 0.15) is 0 Å². The number of nitrogens with zero attached hydrogens (tertiary/aromatic N) is 3. The molecule has 1 aliphatic heterocycles. The second-order valence-electron chi connectivity index (χ2n) is 6.22. The standard InChI is InChI=1S/C17H21ClN4O2S/c18-16-4-1-3-15(11-16)13-25(23,24)21-12-14-5-9-22(10-6-14)17-19-7-2-8-20-17/h1-4,7-8,11,14,21H,5-6,9-10,12-13H2. The summed E-state index contributed by atoms with van der Waals surface area (Å²) in [5.41, 5.74) is 0.691. The van der Waals surface area contributed by atoms with E-state index in [2.05, 4.69) is 19.6 Å². The maximum Gasteiger partial charge on any atom is 0.225 e. The van der Waals surface area contributed by atoms with Crippen molar-refractivity contribution in [2.45, 2.75) is 18.6 Å². The maximum absolute atomic E-state index is 12.3. The minimum absolute atomic E-state index is 0.0513. The largest absolute Gasteiger partial charge is 0.341 e. The molecule has 0 saturated carbocycles. The fourth-order valence-corrected chi connectivity index (χ4v) is 4.36. The van der Waals surface area contributed by atoms with E-state index in [1.807, 2.05) is 0 Å². The molecule has 0 unspecified atom stereocenters. The van der Waals surface area contributed by atoms with E-state index in [1.165, 1.54) is 0 Å². The number of nitrogens with one attached hydrogen (secondary N) is 1. The molecule has 0 spiro atoms. The number of rotatable bonds is 6. The van der Waals surface area contributed by atoms with E-state index in [0.717, 1.165) is 31.9 Å². The van der Waals surface area contributed by atoms with Crippen molar-refractivity contribution in [1.29, 1.82) is 0 Å². The zero-order valence-corrected chi connectivity index (χ0v) is 15.4. The van der Waals surface area contributed by atoms with Crippen LogP contribution in [-0.2, 0) is 15.8 Å². The summed E-state index contributed by atoms with van der Waals surface area (Å²) < 4.78 is 27.2.